The lowest BCUT2D eigenvalue weighted by molar-refractivity contribution is 0.203. The monoisotopic (exact) mass is 293 g/mol. The van der Waals surface area contributed by atoms with Crippen LogP contribution in [0, 0.1) is 5.41 Å². The van der Waals surface area contributed by atoms with Crippen molar-refractivity contribution >= 4 is 6.03 Å². The first-order valence-electron chi connectivity index (χ1n) is 7.76. The van der Waals surface area contributed by atoms with E-state index in [1.807, 2.05) is 0 Å². The van der Waals surface area contributed by atoms with Crippen LogP contribution in [0.3, 0.4) is 0 Å². The summed E-state index contributed by atoms with van der Waals surface area (Å²) in [5.41, 5.74) is -0.0662. The minimum absolute atomic E-state index is 0.0662. The van der Waals surface area contributed by atoms with Gasteiger partial charge in [-0.3, -0.25) is 0 Å². The third kappa shape index (κ3) is 3.34. The number of nitrogens with zero attached hydrogens (tertiary/aromatic N) is 3. The Bertz CT molecular complexity index is 509. The topological polar surface area (TPSA) is 92.1 Å². The SMILES string of the molecule is O=C(NCc1nnc2n1CCCCC2)NCC1(CO)CC1. The maximum absolute atomic E-state index is 11.8. The highest BCUT2D eigenvalue weighted by Gasteiger charge is 2.42. The lowest BCUT2D eigenvalue weighted by Gasteiger charge is -2.13. The highest BCUT2D eigenvalue weighted by Crippen LogP contribution is 2.44. The van der Waals surface area contributed by atoms with Crippen LogP contribution in [0.2, 0.25) is 0 Å². The van der Waals surface area contributed by atoms with Crippen LogP contribution in [0.1, 0.15) is 43.8 Å². The van der Waals surface area contributed by atoms with E-state index in [1.165, 1.54) is 6.42 Å². The summed E-state index contributed by atoms with van der Waals surface area (Å²) in [6, 6.07) is -0.208. The van der Waals surface area contributed by atoms with Crippen LogP contribution < -0.4 is 10.6 Å². The molecule has 7 nitrogen and oxygen atoms in total. The first kappa shape index (κ1) is 14.3. The molecule has 1 saturated carbocycles. The van der Waals surface area contributed by atoms with E-state index in [0.29, 0.717) is 13.1 Å². The molecule has 1 aliphatic carbocycles. The Balaban J connectivity index is 1.48. The Morgan fingerprint density at radius 2 is 2.10 bits per heavy atom. The Hall–Kier alpha value is -1.63. The fraction of sp³-hybridized carbons (Fsp3) is 0.786. The number of urea groups is 1. The highest BCUT2D eigenvalue weighted by atomic mass is 16.3. The van der Waals surface area contributed by atoms with Crippen molar-refractivity contribution in [1.82, 2.24) is 25.4 Å². The summed E-state index contributed by atoms with van der Waals surface area (Å²) in [5.74, 6) is 1.85. The number of aryl methyl sites for hydroxylation is 1. The minimum Gasteiger partial charge on any atom is -0.396 e. The number of nitrogens with one attached hydrogen (secondary N) is 2. The average Bonchev–Trinajstić information content (AvgIpc) is 3.24. The molecule has 0 saturated heterocycles. The zero-order valence-corrected chi connectivity index (χ0v) is 12.3. The molecule has 0 unspecified atom stereocenters. The molecule has 0 aromatic carbocycles. The van der Waals surface area contributed by atoms with Gasteiger partial charge in [-0.2, -0.15) is 0 Å². The molecule has 3 N–H and O–H groups in total. The molecular weight excluding hydrogens is 270 g/mol. The molecule has 1 aliphatic heterocycles. The van der Waals surface area contributed by atoms with Gasteiger partial charge in [-0.15, -0.1) is 10.2 Å². The zero-order chi connectivity index (χ0) is 14.7. The van der Waals surface area contributed by atoms with E-state index < -0.39 is 0 Å². The molecule has 1 fully saturated rings. The van der Waals surface area contributed by atoms with Gasteiger partial charge in [-0.25, -0.2) is 4.79 Å². The molecule has 7 heteroatoms. The number of amides is 2. The smallest absolute Gasteiger partial charge is 0.315 e. The predicted molar refractivity (Wildman–Crippen MR) is 76.6 cm³/mol. The number of fused-ring (bicyclic) bond motifs is 1. The van der Waals surface area contributed by atoms with Crippen molar-refractivity contribution in [3.8, 4) is 0 Å². The number of aliphatic hydroxyl groups is 1. The summed E-state index contributed by atoms with van der Waals surface area (Å²) >= 11 is 0. The maximum Gasteiger partial charge on any atom is 0.315 e. The van der Waals surface area contributed by atoms with Gasteiger partial charge in [0.15, 0.2) is 5.82 Å². The summed E-state index contributed by atoms with van der Waals surface area (Å²) in [6.45, 7) is 2.01. The van der Waals surface area contributed by atoms with Crippen molar-refractivity contribution in [3.05, 3.63) is 11.6 Å². The molecule has 21 heavy (non-hydrogen) atoms. The third-order valence-electron chi connectivity index (χ3n) is 4.51. The molecule has 2 heterocycles. The molecule has 1 aromatic rings. The second-order valence-corrected chi connectivity index (χ2v) is 6.19. The van der Waals surface area contributed by atoms with E-state index in [1.54, 1.807) is 0 Å². The molecule has 0 atom stereocenters. The van der Waals surface area contributed by atoms with Crippen molar-refractivity contribution in [3.63, 3.8) is 0 Å². The fourth-order valence-electron chi connectivity index (χ4n) is 2.73. The van der Waals surface area contributed by atoms with Gasteiger partial charge in [0, 0.05) is 24.9 Å². The van der Waals surface area contributed by atoms with Crippen molar-refractivity contribution < 1.29 is 9.90 Å². The zero-order valence-electron chi connectivity index (χ0n) is 12.3. The van der Waals surface area contributed by atoms with Gasteiger partial charge in [-0.1, -0.05) is 6.42 Å². The van der Waals surface area contributed by atoms with E-state index in [-0.39, 0.29) is 18.1 Å². The van der Waals surface area contributed by atoms with Crippen LogP contribution in [0.15, 0.2) is 0 Å². The van der Waals surface area contributed by atoms with Crippen LogP contribution in [0.4, 0.5) is 4.79 Å². The predicted octanol–water partition coefficient (Wildman–Crippen LogP) is 0.576. The fourth-order valence-corrected chi connectivity index (χ4v) is 2.73. The molecule has 2 aliphatic rings. The van der Waals surface area contributed by atoms with Crippen molar-refractivity contribution in [1.29, 1.82) is 0 Å². The van der Waals surface area contributed by atoms with Gasteiger partial charge in [-0.05, 0) is 25.7 Å². The second-order valence-electron chi connectivity index (χ2n) is 6.19. The number of carbonyl (C=O) groups is 1. The van der Waals surface area contributed by atoms with E-state index in [4.69, 9.17) is 0 Å². The second kappa shape index (κ2) is 6.01. The molecular formula is C14H23N5O2. The number of hydrogen-bond donors (Lipinski definition) is 3. The van der Waals surface area contributed by atoms with Gasteiger partial charge in [0.05, 0.1) is 13.2 Å². The number of aliphatic hydroxyl groups excluding tert-OH is 1. The van der Waals surface area contributed by atoms with Crippen LogP contribution in [-0.4, -0.2) is 39.1 Å². The van der Waals surface area contributed by atoms with Gasteiger partial charge < -0.3 is 20.3 Å². The Morgan fingerprint density at radius 3 is 2.86 bits per heavy atom. The normalized spacial score (nSPS) is 19.5. The molecule has 1 aromatic heterocycles. The summed E-state index contributed by atoms with van der Waals surface area (Å²) in [4.78, 5) is 11.8. The summed E-state index contributed by atoms with van der Waals surface area (Å²) in [5, 5.41) is 23.3. The van der Waals surface area contributed by atoms with E-state index >= 15 is 0 Å². The highest BCUT2D eigenvalue weighted by molar-refractivity contribution is 5.73. The Kier molecular flexibility index (Phi) is 4.10. The van der Waals surface area contributed by atoms with Gasteiger partial charge in [0.1, 0.15) is 5.82 Å². The number of aromatic nitrogens is 3. The molecule has 0 spiro atoms. The van der Waals surface area contributed by atoms with Gasteiger partial charge in [0.2, 0.25) is 0 Å². The third-order valence-corrected chi connectivity index (χ3v) is 4.51. The van der Waals surface area contributed by atoms with Crippen LogP contribution in [0.5, 0.6) is 0 Å². The largest absolute Gasteiger partial charge is 0.396 e. The standard InChI is InChI=1S/C14H23N5O2/c20-10-14(5-6-14)9-16-13(21)15-8-12-18-17-11-4-2-1-3-7-19(11)12/h20H,1-10H2,(H2,15,16,21). The number of carbonyl (C=O) groups excluding carboxylic acids is 1. The lowest BCUT2D eigenvalue weighted by Crippen LogP contribution is -2.39. The van der Waals surface area contributed by atoms with Crippen LogP contribution in [-0.2, 0) is 19.5 Å². The van der Waals surface area contributed by atoms with Crippen LogP contribution >= 0.6 is 0 Å². The lowest BCUT2D eigenvalue weighted by atomic mass is 10.1. The van der Waals surface area contributed by atoms with Crippen LogP contribution in [0.25, 0.3) is 0 Å². The van der Waals surface area contributed by atoms with Crippen molar-refractivity contribution in [2.75, 3.05) is 13.2 Å². The molecule has 116 valence electrons. The van der Waals surface area contributed by atoms with Gasteiger partial charge >= 0.3 is 6.03 Å². The summed E-state index contributed by atoms with van der Waals surface area (Å²) in [7, 11) is 0. The minimum atomic E-state index is -0.208. The maximum atomic E-state index is 11.8. The Labute approximate surface area is 124 Å². The molecule has 0 radical (unpaired) electrons. The van der Waals surface area contributed by atoms with E-state index in [9.17, 15) is 9.90 Å². The van der Waals surface area contributed by atoms with Gasteiger partial charge in [0.25, 0.3) is 0 Å². The number of rotatable bonds is 5. The molecule has 0 bridgehead atoms. The summed E-state index contributed by atoms with van der Waals surface area (Å²) < 4.78 is 2.13. The number of hydrogen-bond acceptors (Lipinski definition) is 4. The van der Waals surface area contributed by atoms with E-state index in [2.05, 4.69) is 25.4 Å². The molecule has 3 rings (SSSR count). The van der Waals surface area contributed by atoms with Crippen molar-refractivity contribution in [2.24, 2.45) is 5.41 Å². The average molecular weight is 293 g/mol. The Morgan fingerprint density at radius 1 is 1.24 bits per heavy atom. The van der Waals surface area contributed by atoms with E-state index in [0.717, 1.165) is 50.3 Å². The first-order chi connectivity index (χ1) is 10.2. The quantitative estimate of drug-likeness (QED) is 0.740. The molecule has 2 amide bonds. The first-order valence-corrected chi connectivity index (χ1v) is 7.76. The van der Waals surface area contributed by atoms with Crippen molar-refractivity contribution in [2.45, 2.75) is 51.6 Å². The summed E-state index contributed by atoms with van der Waals surface area (Å²) in [6.07, 6.45) is 6.47.